The second kappa shape index (κ2) is 9.52. The van der Waals surface area contributed by atoms with Crippen molar-refractivity contribution in [1.82, 2.24) is 10.3 Å². The molecule has 128 valence electrons. The normalized spacial score (nSPS) is 10.2. The molecule has 1 amide bonds. The zero-order valence-electron chi connectivity index (χ0n) is 14.0. The number of hydrogen-bond acceptors (Lipinski definition) is 5. The van der Waals surface area contributed by atoms with Crippen LogP contribution < -0.4 is 15.4 Å². The Balaban J connectivity index is 1.81. The van der Waals surface area contributed by atoms with Gasteiger partial charge in [-0.3, -0.25) is 4.79 Å². The van der Waals surface area contributed by atoms with Crippen LogP contribution in [0.5, 0.6) is 5.75 Å². The minimum Gasteiger partial charge on any atom is -0.497 e. The Hall–Kier alpha value is -2.60. The summed E-state index contributed by atoms with van der Waals surface area (Å²) in [6.07, 6.45) is 2.44. The number of rotatable bonds is 9. The fraction of sp³-hybridized carbons (Fsp3) is 0.333. The first-order chi connectivity index (χ1) is 11.7. The lowest BCUT2D eigenvalue weighted by Crippen LogP contribution is -2.26. The number of anilines is 1. The molecule has 0 spiro atoms. The highest BCUT2D eigenvalue weighted by molar-refractivity contribution is 5.92. The van der Waals surface area contributed by atoms with Gasteiger partial charge in [-0.05, 0) is 36.2 Å². The summed E-state index contributed by atoms with van der Waals surface area (Å²) in [7, 11) is 3.29. The van der Waals surface area contributed by atoms with Crippen molar-refractivity contribution in [2.45, 2.75) is 13.0 Å². The summed E-state index contributed by atoms with van der Waals surface area (Å²) in [4.78, 5) is 16.1. The predicted molar refractivity (Wildman–Crippen MR) is 93.4 cm³/mol. The number of carbonyl (C=O) groups excluding carboxylic acids is 1. The first kappa shape index (κ1) is 17.7. The molecule has 0 unspecified atom stereocenters. The van der Waals surface area contributed by atoms with Crippen molar-refractivity contribution in [3.8, 4) is 5.75 Å². The SMILES string of the molecule is COCCCNC(=O)c1ccc(NCc2ccc(OC)cc2)cn1. The monoisotopic (exact) mass is 329 g/mol. The minimum absolute atomic E-state index is 0.173. The summed E-state index contributed by atoms with van der Waals surface area (Å²) in [6, 6.07) is 11.4. The number of aromatic nitrogens is 1. The van der Waals surface area contributed by atoms with Crippen molar-refractivity contribution in [3.63, 3.8) is 0 Å². The summed E-state index contributed by atoms with van der Waals surface area (Å²) in [5, 5.41) is 6.08. The van der Waals surface area contributed by atoms with Gasteiger partial charge in [0, 0.05) is 26.8 Å². The van der Waals surface area contributed by atoms with E-state index >= 15 is 0 Å². The van der Waals surface area contributed by atoms with Crippen LogP contribution in [0.2, 0.25) is 0 Å². The van der Waals surface area contributed by atoms with Gasteiger partial charge >= 0.3 is 0 Å². The van der Waals surface area contributed by atoms with Gasteiger partial charge in [-0.2, -0.15) is 0 Å². The number of nitrogens with one attached hydrogen (secondary N) is 2. The van der Waals surface area contributed by atoms with Gasteiger partial charge in [-0.25, -0.2) is 4.98 Å². The molecule has 0 aliphatic rings. The molecular formula is C18H23N3O3. The van der Waals surface area contributed by atoms with Gasteiger partial charge in [-0.1, -0.05) is 12.1 Å². The van der Waals surface area contributed by atoms with Gasteiger partial charge in [0.2, 0.25) is 0 Å². The second-order valence-electron chi connectivity index (χ2n) is 5.24. The number of hydrogen-bond donors (Lipinski definition) is 2. The summed E-state index contributed by atoms with van der Waals surface area (Å²) in [5.74, 6) is 0.661. The Morgan fingerprint density at radius 1 is 1.12 bits per heavy atom. The zero-order chi connectivity index (χ0) is 17.2. The minimum atomic E-state index is -0.173. The number of nitrogens with zero attached hydrogens (tertiary/aromatic N) is 1. The van der Waals surface area contributed by atoms with E-state index in [1.54, 1.807) is 26.5 Å². The predicted octanol–water partition coefficient (Wildman–Crippen LogP) is 2.47. The van der Waals surface area contributed by atoms with Crippen LogP contribution in [-0.2, 0) is 11.3 Å². The average Bonchev–Trinajstić information content (AvgIpc) is 2.64. The molecule has 6 nitrogen and oxygen atoms in total. The molecule has 0 radical (unpaired) electrons. The first-order valence-corrected chi connectivity index (χ1v) is 7.83. The number of pyridine rings is 1. The molecule has 2 rings (SSSR count). The molecule has 1 heterocycles. The molecule has 1 aromatic heterocycles. The smallest absolute Gasteiger partial charge is 0.269 e. The third-order valence-electron chi connectivity index (χ3n) is 3.46. The van der Waals surface area contributed by atoms with Gasteiger partial charge in [-0.15, -0.1) is 0 Å². The molecule has 1 aromatic carbocycles. The lowest BCUT2D eigenvalue weighted by Gasteiger charge is -2.08. The van der Waals surface area contributed by atoms with Crippen LogP contribution in [0.4, 0.5) is 5.69 Å². The van der Waals surface area contributed by atoms with E-state index in [-0.39, 0.29) is 5.91 Å². The van der Waals surface area contributed by atoms with Crippen LogP contribution in [0.25, 0.3) is 0 Å². The van der Waals surface area contributed by atoms with Crippen LogP contribution >= 0.6 is 0 Å². The van der Waals surface area contributed by atoms with Gasteiger partial charge in [0.1, 0.15) is 11.4 Å². The van der Waals surface area contributed by atoms with Crippen LogP contribution in [0.3, 0.4) is 0 Å². The van der Waals surface area contributed by atoms with Crippen molar-refractivity contribution < 1.29 is 14.3 Å². The zero-order valence-corrected chi connectivity index (χ0v) is 14.0. The average molecular weight is 329 g/mol. The summed E-state index contributed by atoms with van der Waals surface area (Å²) >= 11 is 0. The fourth-order valence-corrected chi connectivity index (χ4v) is 2.09. The Morgan fingerprint density at radius 2 is 1.92 bits per heavy atom. The van der Waals surface area contributed by atoms with E-state index in [2.05, 4.69) is 15.6 Å². The molecule has 0 fully saturated rings. The molecular weight excluding hydrogens is 306 g/mol. The van der Waals surface area contributed by atoms with Crippen LogP contribution in [-0.4, -0.2) is 38.3 Å². The van der Waals surface area contributed by atoms with E-state index in [0.717, 1.165) is 23.4 Å². The Labute approximate surface area is 142 Å². The number of benzene rings is 1. The van der Waals surface area contributed by atoms with E-state index in [9.17, 15) is 4.79 Å². The molecule has 6 heteroatoms. The Kier molecular flexibility index (Phi) is 7.04. The molecule has 0 aliphatic carbocycles. The van der Waals surface area contributed by atoms with Gasteiger partial charge in [0.15, 0.2) is 0 Å². The molecule has 0 atom stereocenters. The summed E-state index contributed by atoms with van der Waals surface area (Å²) in [6.45, 7) is 1.88. The highest BCUT2D eigenvalue weighted by Crippen LogP contribution is 2.13. The van der Waals surface area contributed by atoms with E-state index in [1.165, 1.54) is 0 Å². The van der Waals surface area contributed by atoms with Gasteiger partial charge in [0.25, 0.3) is 5.91 Å². The summed E-state index contributed by atoms with van der Waals surface area (Å²) < 4.78 is 10.1. The molecule has 2 N–H and O–H groups in total. The Morgan fingerprint density at radius 3 is 2.54 bits per heavy atom. The van der Waals surface area contributed by atoms with E-state index < -0.39 is 0 Å². The maximum absolute atomic E-state index is 11.9. The summed E-state index contributed by atoms with van der Waals surface area (Å²) in [5.41, 5.74) is 2.40. The van der Waals surface area contributed by atoms with Gasteiger partial charge in [0.05, 0.1) is 19.0 Å². The topological polar surface area (TPSA) is 72.5 Å². The van der Waals surface area contributed by atoms with Crippen molar-refractivity contribution in [2.75, 3.05) is 32.7 Å². The lowest BCUT2D eigenvalue weighted by molar-refractivity contribution is 0.0943. The molecule has 24 heavy (non-hydrogen) atoms. The van der Waals surface area contributed by atoms with E-state index in [1.807, 2.05) is 30.3 Å². The highest BCUT2D eigenvalue weighted by atomic mass is 16.5. The molecule has 0 saturated heterocycles. The standard InChI is InChI=1S/C18H23N3O3/c1-23-11-3-10-19-18(22)17-9-6-15(13-21-17)20-12-14-4-7-16(24-2)8-5-14/h4-9,13,20H,3,10-12H2,1-2H3,(H,19,22). The number of methoxy groups -OCH3 is 2. The number of carbonyl (C=O) groups is 1. The third-order valence-corrected chi connectivity index (χ3v) is 3.46. The first-order valence-electron chi connectivity index (χ1n) is 7.83. The highest BCUT2D eigenvalue weighted by Gasteiger charge is 2.06. The maximum Gasteiger partial charge on any atom is 0.269 e. The third kappa shape index (κ3) is 5.55. The van der Waals surface area contributed by atoms with E-state index in [0.29, 0.717) is 25.4 Å². The van der Waals surface area contributed by atoms with Crippen LogP contribution in [0.1, 0.15) is 22.5 Å². The molecule has 0 aliphatic heterocycles. The molecule has 0 bridgehead atoms. The van der Waals surface area contributed by atoms with Crippen LogP contribution in [0.15, 0.2) is 42.6 Å². The second-order valence-corrected chi connectivity index (χ2v) is 5.24. The van der Waals surface area contributed by atoms with Crippen molar-refractivity contribution in [3.05, 3.63) is 53.9 Å². The van der Waals surface area contributed by atoms with Crippen molar-refractivity contribution in [2.24, 2.45) is 0 Å². The van der Waals surface area contributed by atoms with Crippen molar-refractivity contribution in [1.29, 1.82) is 0 Å². The maximum atomic E-state index is 11.9. The molecule has 2 aromatic rings. The number of amides is 1. The number of ether oxygens (including phenoxy) is 2. The largest absolute Gasteiger partial charge is 0.497 e. The Bertz CT molecular complexity index is 627. The quantitative estimate of drug-likeness (QED) is 0.692. The van der Waals surface area contributed by atoms with Crippen LogP contribution in [0, 0.1) is 0 Å². The fourth-order valence-electron chi connectivity index (χ4n) is 2.09. The van der Waals surface area contributed by atoms with E-state index in [4.69, 9.17) is 9.47 Å². The van der Waals surface area contributed by atoms with Gasteiger partial charge < -0.3 is 20.1 Å². The van der Waals surface area contributed by atoms with Crippen molar-refractivity contribution >= 4 is 11.6 Å². The molecule has 0 saturated carbocycles. The lowest BCUT2D eigenvalue weighted by atomic mass is 10.2.